The Balaban J connectivity index is 2.04. The molecule has 1 amide bonds. The van der Waals surface area contributed by atoms with Gasteiger partial charge in [0.1, 0.15) is 5.84 Å². The third-order valence-corrected chi connectivity index (χ3v) is 3.98. The van der Waals surface area contributed by atoms with E-state index in [1.807, 2.05) is 0 Å². The molecule has 2 unspecified atom stereocenters. The zero-order chi connectivity index (χ0) is 12.8. The summed E-state index contributed by atoms with van der Waals surface area (Å²) in [5, 5.41) is 11.8. The Morgan fingerprint density at radius 2 is 1.89 bits per heavy atom. The zero-order valence-corrected chi connectivity index (χ0v) is 11.0. The molecule has 2 atom stereocenters. The van der Waals surface area contributed by atoms with E-state index in [4.69, 9.17) is 10.1 Å². The average Bonchev–Trinajstić information content (AvgIpc) is 2.48. The van der Waals surface area contributed by atoms with Gasteiger partial charge in [-0.2, -0.15) is 0 Å². The lowest BCUT2D eigenvalue weighted by Crippen LogP contribution is -2.45. The fourth-order valence-corrected chi connectivity index (χ4v) is 2.94. The van der Waals surface area contributed by atoms with E-state index in [-0.39, 0.29) is 24.5 Å². The van der Waals surface area contributed by atoms with Crippen LogP contribution in [0.3, 0.4) is 0 Å². The van der Waals surface area contributed by atoms with Crippen molar-refractivity contribution in [3.8, 4) is 0 Å². The van der Waals surface area contributed by atoms with Gasteiger partial charge in [0.15, 0.2) is 0 Å². The van der Waals surface area contributed by atoms with E-state index >= 15 is 0 Å². The third-order valence-electron chi connectivity index (χ3n) is 3.98. The molecule has 1 aliphatic carbocycles. The second-order valence-electron chi connectivity index (χ2n) is 5.41. The van der Waals surface area contributed by atoms with Crippen molar-refractivity contribution in [3.05, 3.63) is 0 Å². The number of hydrogen-bond acceptors (Lipinski definition) is 3. The van der Waals surface area contributed by atoms with Crippen LogP contribution in [0.5, 0.6) is 0 Å². The van der Waals surface area contributed by atoms with Crippen molar-refractivity contribution in [1.82, 2.24) is 5.32 Å². The summed E-state index contributed by atoms with van der Waals surface area (Å²) in [4.78, 5) is 16.8. The Labute approximate surface area is 109 Å². The highest BCUT2D eigenvalue weighted by atomic mass is 16.3. The minimum atomic E-state index is 0.0842. The molecule has 1 saturated carbocycles. The topological polar surface area (TPSA) is 61.7 Å². The third kappa shape index (κ3) is 3.55. The molecule has 0 aromatic rings. The molecule has 1 heterocycles. The first-order chi connectivity index (χ1) is 8.81. The maximum atomic E-state index is 12.1. The second-order valence-corrected chi connectivity index (χ2v) is 5.41. The lowest BCUT2D eigenvalue weighted by Gasteiger charge is -2.28. The first-order valence-corrected chi connectivity index (χ1v) is 7.29. The number of carbonyl (C=O) groups excluding carboxylic acids is 1. The summed E-state index contributed by atoms with van der Waals surface area (Å²) < 4.78 is 0. The van der Waals surface area contributed by atoms with Gasteiger partial charge in [0.2, 0.25) is 5.91 Å². The lowest BCUT2D eigenvalue weighted by atomic mass is 9.89. The van der Waals surface area contributed by atoms with E-state index in [0.29, 0.717) is 12.8 Å². The number of aliphatic hydroxyl groups excluding tert-OH is 1. The summed E-state index contributed by atoms with van der Waals surface area (Å²) >= 11 is 0. The summed E-state index contributed by atoms with van der Waals surface area (Å²) in [6.45, 7) is 0.156. The van der Waals surface area contributed by atoms with E-state index in [9.17, 15) is 4.79 Å². The first kappa shape index (κ1) is 13.5. The van der Waals surface area contributed by atoms with Gasteiger partial charge in [-0.15, -0.1) is 0 Å². The minimum Gasteiger partial charge on any atom is -0.396 e. The molecule has 2 aliphatic rings. The normalized spacial score (nSPS) is 29.4. The van der Waals surface area contributed by atoms with Crippen LogP contribution in [0.4, 0.5) is 0 Å². The molecule has 4 nitrogen and oxygen atoms in total. The molecule has 18 heavy (non-hydrogen) atoms. The Bertz CT molecular complexity index is 315. The van der Waals surface area contributed by atoms with Crippen LogP contribution >= 0.6 is 0 Å². The number of hydrogen-bond donors (Lipinski definition) is 2. The van der Waals surface area contributed by atoms with E-state index in [1.165, 1.54) is 25.7 Å². The molecule has 0 saturated heterocycles. The predicted molar refractivity (Wildman–Crippen MR) is 71.5 cm³/mol. The molecule has 1 aliphatic heterocycles. The number of fused-ring (bicyclic) bond motifs is 1. The molecule has 0 spiro atoms. The zero-order valence-electron chi connectivity index (χ0n) is 11.0. The van der Waals surface area contributed by atoms with Crippen LogP contribution in [-0.2, 0) is 4.79 Å². The fourth-order valence-electron chi connectivity index (χ4n) is 2.94. The number of nitrogens with one attached hydrogen (secondary N) is 1. The summed E-state index contributed by atoms with van der Waals surface area (Å²) in [5.41, 5.74) is 0. The van der Waals surface area contributed by atoms with Crippen LogP contribution in [0.1, 0.15) is 57.8 Å². The van der Waals surface area contributed by atoms with Crippen molar-refractivity contribution in [2.45, 2.75) is 63.8 Å². The van der Waals surface area contributed by atoms with Crippen molar-refractivity contribution >= 4 is 11.7 Å². The molecule has 2 N–H and O–H groups in total. The van der Waals surface area contributed by atoms with Gasteiger partial charge in [0, 0.05) is 13.0 Å². The highest BCUT2D eigenvalue weighted by Gasteiger charge is 2.32. The van der Waals surface area contributed by atoms with Crippen LogP contribution in [0.25, 0.3) is 0 Å². The standard InChI is InChI=1S/C14H24N2O2/c17-10-6-9-13-15-12-8-5-3-1-2-4-7-11(12)14(18)16-13/h11-12,17H,1-10H2,(H,15,16,18). The maximum absolute atomic E-state index is 12.1. The molecular weight excluding hydrogens is 228 g/mol. The quantitative estimate of drug-likeness (QED) is 0.807. The summed E-state index contributed by atoms with van der Waals surface area (Å²) in [6.07, 6.45) is 9.53. The molecule has 102 valence electrons. The van der Waals surface area contributed by atoms with Gasteiger partial charge in [-0.25, -0.2) is 0 Å². The van der Waals surface area contributed by atoms with Crippen LogP contribution in [-0.4, -0.2) is 29.5 Å². The largest absolute Gasteiger partial charge is 0.396 e. The van der Waals surface area contributed by atoms with E-state index in [2.05, 4.69) is 5.32 Å². The van der Waals surface area contributed by atoms with Crippen molar-refractivity contribution in [3.63, 3.8) is 0 Å². The highest BCUT2D eigenvalue weighted by Crippen LogP contribution is 2.27. The van der Waals surface area contributed by atoms with Gasteiger partial charge in [0.25, 0.3) is 0 Å². The summed E-state index contributed by atoms with van der Waals surface area (Å²) in [7, 11) is 0. The van der Waals surface area contributed by atoms with Crippen LogP contribution in [0.15, 0.2) is 4.99 Å². The summed E-state index contributed by atoms with van der Waals surface area (Å²) in [6, 6.07) is 0.186. The smallest absolute Gasteiger partial charge is 0.230 e. The van der Waals surface area contributed by atoms with Crippen molar-refractivity contribution in [1.29, 1.82) is 0 Å². The molecule has 1 fully saturated rings. The average molecular weight is 252 g/mol. The van der Waals surface area contributed by atoms with Gasteiger partial charge in [-0.3, -0.25) is 9.79 Å². The Morgan fingerprint density at radius 1 is 1.17 bits per heavy atom. The number of aliphatic imine (C=N–C) groups is 1. The number of nitrogens with zero attached hydrogens (tertiary/aromatic N) is 1. The molecule has 4 heteroatoms. The number of rotatable bonds is 3. The van der Waals surface area contributed by atoms with Crippen LogP contribution in [0, 0.1) is 5.92 Å². The molecule has 0 aromatic carbocycles. The maximum Gasteiger partial charge on any atom is 0.230 e. The fraction of sp³-hybridized carbons (Fsp3) is 0.857. The van der Waals surface area contributed by atoms with Crippen LogP contribution in [0.2, 0.25) is 0 Å². The number of carbonyl (C=O) groups is 1. The van der Waals surface area contributed by atoms with Gasteiger partial charge < -0.3 is 10.4 Å². The first-order valence-electron chi connectivity index (χ1n) is 7.29. The van der Waals surface area contributed by atoms with Crippen molar-refractivity contribution < 1.29 is 9.90 Å². The minimum absolute atomic E-state index is 0.0842. The molecular formula is C14H24N2O2. The van der Waals surface area contributed by atoms with Gasteiger partial charge in [-0.05, 0) is 19.3 Å². The molecule has 2 rings (SSSR count). The van der Waals surface area contributed by atoms with Gasteiger partial charge in [-0.1, -0.05) is 32.1 Å². The Kier molecular flexibility index (Phi) is 5.17. The van der Waals surface area contributed by atoms with Gasteiger partial charge >= 0.3 is 0 Å². The van der Waals surface area contributed by atoms with E-state index in [0.717, 1.165) is 25.1 Å². The molecule has 0 aromatic heterocycles. The highest BCUT2D eigenvalue weighted by molar-refractivity contribution is 6.01. The van der Waals surface area contributed by atoms with Crippen molar-refractivity contribution in [2.24, 2.45) is 10.9 Å². The molecule has 0 radical (unpaired) electrons. The lowest BCUT2D eigenvalue weighted by molar-refractivity contribution is -0.125. The monoisotopic (exact) mass is 252 g/mol. The molecule has 0 bridgehead atoms. The Hall–Kier alpha value is -0.900. The summed E-state index contributed by atoms with van der Waals surface area (Å²) in [5.74, 6) is 1.03. The second kappa shape index (κ2) is 6.88. The van der Waals surface area contributed by atoms with E-state index < -0.39 is 0 Å². The SMILES string of the molecule is O=C1NC(CCCO)=NC2CCCCCCCC12. The van der Waals surface area contributed by atoms with E-state index in [1.54, 1.807) is 0 Å². The number of aliphatic hydroxyl groups is 1. The predicted octanol–water partition coefficient (Wildman–Crippen LogP) is 2.02. The number of amides is 1. The van der Waals surface area contributed by atoms with Crippen molar-refractivity contribution in [2.75, 3.05) is 6.61 Å². The Morgan fingerprint density at radius 3 is 2.67 bits per heavy atom. The van der Waals surface area contributed by atoms with Gasteiger partial charge in [0.05, 0.1) is 12.0 Å². The van der Waals surface area contributed by atoms with Crippen LogP contribution < -0.4 is 5.32 Å². The number of amidine groups is 1.